The Labute approximate surface area is 96.8 Å². The maximum atomic E-state index is 10.8. The van der Waals surface area contributed by atoms with E-state index in [0.29, 0.717) is 0 Å². The molecule has 1 atom stereocenters. The van der Waals surface area contributed by atoms with E-state index in [2.05, 4.69) is 15.9 Å². The molecule has 7 heteroatoms. The molecule has 0 fully saturated rings. The van der Waals surface area contributed by atoms with Crippen LogP contribution in [0.25, 0.3) is 0 Å². The number of aryl methyl sites for hydroxylation is 1. The van der Waals surface area contributed by atoms with Crippen molar-refractivity contribution in [1.82, 2.24) is 9.97 Å². The topological polar surface area (TPSA) is 78.2 Å². The van der Waals surface area contributed by atoms with Crippen LogP contribution in [0, 0.1) is 29.4 Å². The Bertz CT molecular complexity index is 470. The van der Waals surface area contributed by atoms with Crippen molar-refractivity contribution < 1.29 is 9.66 Å². The van der Waals surface area contributed by atoms with E-state index in [-0.39, 0.29) is 22.5 Å². The molecule has 6 nitrogen and oxygen atoms in total. The van der Waals surface area contributed by atoms with Gasteiger partial charge in [-0.15, -0.1) is 6.42 Å². The molecule has 0 spiro atoms. The molecule has 1 rings (SSSR count). The fourth-order valence-electron chi connectivity index (χ4n) is 1.00. The molecule has 84 valence electrons. The Hall–Kier alpha value is -1.87. The lowest BCUT2D eigenvalue weighted by Crippen LogP contribution is -2.12. The number of rotatable bonds is 3. The van der Waals surface area contributed by atoms with Gasteiger partial charge in [0.1, 0.15) is 5.69 Å². The van der Waals surface area contributed by atoms with Gasteiger partial charge in [0.25, 0.3) is 5.88 Å². The van der Waals surface area contributed by atoms with Gasteiger partial charge in [0, 0.05) is 0 Å². The summed E-state index contributed by atoms with van der Waals surface area (Å²) in [4.78, 5) is 17.4. The van der Waals surface area contributed by atoms with Crippen molar-refractivity contribution in [2.75, 3.05) is 0 Å². The average molecular weight is 242 g/mol. The first-order chi connectivity index (χ1) is 7.45. The minimum Gasteiger partial charge on any atom is -0.456 e. The molecular weight excluding hydrogens is 234 g/mol. The smallest absolute Gasteiger partial charge is 0.352 e. The van der Waals surface area contributed by atoms with Crippen LogP contribution in [0.3, 0.4) is 0 Å². The first-order valence-electron chi connectivity index (χ1n) is 4.27. The van der Waals surface area contributed by atoms with Gasteiger partial charge in [-0.1, -0.05) is 5.92 Å². The van der Waals surface area contributed by atoms with Gasteiger partial charge in [-0.05, 0) is 25.4 Å². The lowest BCUT2D eigenvalue weighted by atomic mass is 10.3. The summed E-state index contributed by atoms with van der Waals surface area (Å²) < 4.78 is 5.10. The van der Waals surface area contributed by atoms with Crippen LogP contribution in [0.15, 0.2) is 0 Å². The SMILES string of the molecule is C#CC(C)Oc1nc(Cl)nc(C)c1[N+](=O)[O-]. The Kier molecular flexibility index (Phi) is 3.64. The molecule has 0 radical (unpaired) electrons. The van der Waals surface area contributed by atoms with Crippen LogP contribution in [-0.4, -0.2) is 21.0 Å². The first-order valence-corrected chi connectivity index (χ1v) is 4.64. The minimum atomic E-state index is -0.635. The van der Waals surface area contributed by atoms with E-state index < -0.39 is 11.0 Å². The molecule has 0 saturated heterocycles. The van der Waals surface area contributed by atoms with E-state index in [1.54, 1.807) is 6.92 Å². The Morgan fingerprint density at radius 1 is 1.62 bits per heavy atom. The molecule has 0 N–H and O–H groups in total. The summed E-state index contributed by atoms with van der Waals surface area (Å²) in [6.07, 6.45) is 4.47. The van der Waals surface area contributed by atoms with Crippen molar-refractivity contribution in [3.05, 3.63) is 21.1 Å². The summed E-state index contributed by atoms with van der Waals surface area (Å²) in [5.74, 6) is 2.06. The van der Waals surface area contributed by atoms with Crippen molar-refractivity contribution in [2.45, 2.75) is 20.0 Å². The fraction of sp³-hybridized carbons (Fsp3) is 0.333. The Morgan fingerprint density at radius 2 is 2.25 bits per heavy atom. The summed E-state index contributed by atoms with van der Waals surface area (Å²) in [5.41, 5.74) is -0.198. The molecule has 16 heavy (non-hydrogen) atoms. The number of nitrogens with zero attached hydrogens (tertiary/aromatic N) is 3. The molecular formula is C9H8ClN3O3. The van der Waals surface area contributed by atoms with Gasteiger partial charge in [0.2, 0.25) is 5.28 Å². The van der Waals surface area contributed by atoms with Crippen LogP contribution in [0.1, 0.15) is 12.6 Å². The van der Waals surface area contributed by atoms with E-state index in [1.807, 2.05) is 0 Å². The Balaban J connectivity index is 3.25. The molecule has 0 aliphatic heterocycles. The largest absolute Gasteiger partial charge is 0.456 e. The van der Waals surface area contributed by atoms with E-state index in [9.17, 15) is 10.1 Å². The highest BCUT2D eigenvalue weighted by atomic mass is 35.5. The summed E-state index contributed by atoms with van der Waals surface area (Å²) in [7, 11) is 0. The van der Waals surface area contributed by atoms with Gasteiger partial charge in [-0.25, -0.2) is 4.98 Å². The quantitative estimate of drug-likeness (QED) is 0.349. The zero-order valence-electron chi connectivity index (χ0n) is 8.60. The third-order valence-corrected chi connectivity index (χ3v) is 1.87. The number of hydrogen-bond donors (Lipinski definition) is 0. The third kappa shape index (κ3) is 2.58. The van der Waals surface area contributed by atoms with Crippen LogP contribution in [0.2, 0.25) is 5.28 Å². The number of aromatic nitrogens is 2. The minimum absolute atomic E-state index is 0.123. The normalized spacial score (nSPS) is 11.6. The monoisotopic (exact) mass is 241 g/mol. The van der Waals surface area contributed by atoms with Crippen molar-refractivity contribution in [3.63, 3.8) is 0 Å². The predicted molar refractivity (Wildman–Crippen MR) is 57.4 cm³/mol. The van der Waals surface area contributed by atoms with Crippen LogP contribution in [0.5, 0.6) is 5.88 Å². The second-order valence-electron chi connectivity index (χ2n) is 2.92. The molecule has 1 heterocycles. The number of halogens is 1. The van der Waals surface area contributed by atoms with Crippen molar-refractivity contribution in [3.8, 4) is 18.2 Å². The van der Waals surface area contributed by atoms with E-state index >= 15 is 0 Å². The summed E-state index contributed by atoms with van der Waals surface area (Å²) >= 11 is 5.58. The van der Waals surface area contributed by atoms with E-state index in [1.165, 1.54) is 6.92 Å². The molecule has 1 aromatic rings. The van der Waals surface area contributed by atoms with Gasteiger partial charge >= 0.3 is 5.69 Å². The van der Waals surface area contributed by atoms with Gasteiger partial charge in [-0.3, -0.25) is 10.1 Å². The van der Waals surface area contributed by atoms with Crippen LogP contribution < -0.4 is 4.74 Å². The highest BCUT2D eigenvalue weighted by Gasteiger charge is 2.24. The molecule has 0 saturated carbocycles. The molecule has 0 aliphatic carbocycles. The third-order valence-electron chi connectivity index (χ3n) is 1.70. The number of terminal acetylenes is 1. The Morgan fingerprint density at radius 3 is 2.75 bits per heavy atom. The highest BCUT2D eigenvalue weighted by molar-refractivity contribution is 6.28. The van der Waals surface area contributed by atoms with Crippen LogP contribution in [0.4, 0.5) is 5.69 Å². The standard InChI is InChI=1S/C9H8ClN3O3/c1-4-5(2)16-8-7(13(14)15)6(3)11-9(10)12-8/h1,5H,2-3H3. The summed E-state index contributed by atoms with van der Waals surface area (Å²) in [6.45, 7) is 3.01. The van der Waals surface area contributed by atoms with Gasteiger partial charge in [-0.2, -0.15) is 4.98 Å². The number of hydrogen-bond acceptors (Lipinski definition) is 5. The summed E-state index contributed by atoms with van der Waals surface area (Å²) in [5, 5.41) is 10.7. The molecule has 0 aromatic carbocycles. The average Bonchev–Trinajstić information content (AvgIpc) is 2.15. The second kappa shape index (κ2) is 4.77. The van der Waals surface area contributed by atoms with E-state index in [0.717, 1.165) is 0 Å². The molecule has 0 bridgehead atoms. The lowest BCUT2D eigenvalue weighted by Gasteiger charge is -2.08. The predicted octanol–water partition coefficient (Wildman–Crippen LogP) is 1.75. The molecule has 1 aromatic heterocycles. The van der Waals surface area contributed by atoms with E-state index in [4.69, 9.17) is 22.8 Å². The molecule has 0 aliphatic rings. The second-order valence-corrected chi connectivity index (χ2v) is 3.25. The van der Waals surface area contributed by atoms with Crippen molar-refractivity contribution in [2.24, 2.45) is 0 Å². The van der Waals surface area contributed by atoms with Gasteiger partial charge < -0.3 is 4.74 Å². The first kappa shape index (κ1) is 12.2. The number of ether oxygens (including phenoxy) is 1. The zero-order chi connectivity index (χ0) is 12.3. The highest BCUT2D eigenvalue weighted by Crippen LogP contribution is 2.29. The molecule has 0 amide bonds. The van der Waals surface area contributed by atoms with Crippen molar-refractivity contribution in [1.29, 1.82) is 0 Å². The summed E-state index contributed by atoms with van der Waals surface area (Å²) in [6, 6.07) is 0. The maximum Gasteiger partial charge on any atom is 0.352 e. The van der Waals surface area contributed by atoms with Gasteiger partial charge in [0.15, 0.2) is 6.10 Å². The maximum absolute atomic E-state index is 10.8. The zero-order valence-corrected chi connectivity index (χ0v) is 9.35. The van der Waals surface area contributed by atoms with Crippen LogP contribution in [-0.2, 0) is 0 Å². The lowest BCUT2D eigenvalue weighted by molar-refractivity contribution is -0.387. The van der Waals surface area contributed by atoms with Crippen LogP contribution >= 0.6 is 11.6 Å². The number of nitro groups is 1. The fourth-order valence-corrected chi connectivity index (χ4v) is 1.21. The molecule has 1 unspecified atom stereocenters. The van der Waals surface area contributed by atoms with Crippen molar-refractivity contribution >= 4 is 17.3 Å². The van der Waals surface area contributed by atoms with Gasteiger partial charge in [0.05, 0.1) is 4.92 Å².